The molecule has 2 aromatic heterocycles. The monoisotopic (exact) mass is 315 g/mol. The second kappa shape index (κ2) is 6.66. The molecule has 0 spiro atoms. The minimum atomic E-state index is -0.556. The van der Waals surface area contributed by atoms with Crippen molar-refractivity contribution in [3.05, 3.63) is 70.4 Å². The Bertz CT molecular complexity index is 737. The van der Waals surface area contributed by atoms with Crippen LogP contribution in [-0.4, -0.2) is 11.5 Å². The van der Waals surface area contributed by atoms with Gasteiger partial charge in [-0.05, 0) is 47.7 Å². The SMILES string of the molecule is Fc1cc(F)cc(CCNc2[c]ccc(-c3ccsc3)n2)c1. The van der Waals surface area contributed by atoms with Crippen LogP contribution in [-0.2, 0) is 6.42 Å². The fourth-order valence-corrected chi connectivity index (χ4v) is 2.78. The molecule has 0 saturated carbocycles. The summed E-state index contributed by atoms with van der Waals surface area (Å²) in [4.78, 5) is 4.47. The Balaban J connectivity index is 1.63. The van der Waals surface area contributed by atoms with E-state index in [1.54, 1.807) is 11.3 Å². The van der Waals surface area contributed by atoms with Gasteiger partial charge in [0.1, 0.15) is 17.5 Å². The summed E-state index contributed by atoms with van der Waals surface area (Å²) in [5.41, 5.74) is 2.55. The van der Waals surface area contributed by atoms with Crippen molar-refractivity contribution in [2.45, 2.75) is 6.42 Å². The number of rotatable bonds is 5. The van der Waals surface area contributed by atoms with Crippen molar-refractivity contribution >= 4 is 17.2 Å². The fourth-order valence-electron chi connectivity index (χ4n) is 2.13. The zero-order valence-electron chi connectivity index (χ0n) is 11.6. The number of hydrogen-bond acceptors (Lipinski definition) is 3. The lowest BCUT2D eigenvalue weighted by atomic mass is 10.1. The zero-order valence-corrected chi connectivity index (χ0v) is 12.5. The van der Waals surface area contributed by atoms with Gasteiger partial charge in [0.25, 0.3) is 0 Å². The van der Waals surface area contributed by atoms with E-state index < -0.39 is 11.6 Å². The Morgan fingerprint density at radius 1 is 1.14 bits per heavy atom. The molecule has 0 aliphatic carbocycles. The largest absolute Gasteiger partial charge is 0.369 e. The summed E-state index contributed by atoms with van der Waals surface area (Å²) in [6.07, 6.45) is 0.507. The third kappa shape index (κ3) is 3.68. The molecule has 3 rings (SSSR count). The van der Waals surface area contributed by atoms with Crippen LogP contribution >= 0.6 is 11.3 Å². The second-order valence-corrected chi connectivity index (χ2v) is 5.57. The minimum Gasteiger partial charge on any atom is -0.369 e. The van der Waals surface area contributed by atoms with E-state index >= 15 is 0 Å². The summed E-state index contributed by atoms with van der Waals surface area (Å²) in [7, 11) is 0. The Morgan fingerprint density at radius 2 is 1.95 bits per heavy atom. The van der Waals surface area contributed by atoms with Crippen LogP contribution in [0.25, 0.3) is 11.3 Å². The van der Waals surface area contributed by atoms with Gasteiger partial charge in [-0.2, -0.15) is 11.3 Å². The molecule has 22 heavy (non-hydrogen) atoms. The van der Waals surface area contributed by atoms with Crippen molar-refractivity contribution < 1.29 is 8.78 Å². The topological polar surface area (TPSA) is 24.9 Å². The number of anilines is 1. The van der Waals surface area contributed by atoms with Crippen molar-refractivity contribution in [2.75, 3.05) is 11.9 Å². The van der Waals surface area contributed by atoms with Crippen LogP contribution in [0.15, 0.2) is 47.2 Å². The van der Waals surface area contributed by atoms with Gasteiger partial charge in [-0.15, -0.1) is 0 Å². The number of aromatic nitrogens is 1. The van der Waals surface area contributed by atoms with E-state index in [0.29, 0.717) is 24.3 Å². The predicted molar refractivity (Wildman–Crippen MR) is 84.9 cm³/mol. The quantitative estimate of drug-likeness (QED) is 0.747. The van der Waals surface area contributed by atoms with Gasteiger partial charge in [-0.25, -0.2) is 13.8 Å². The van der Waals surface area contributed by atoms with Crippen LogP contribution < -0.4 is 5.32 Å². The van der Waals surface area contributed by atoms with Crippen molar-refractivity contribution in [2.24, 2.45) is 0 Å². The van der Waals surface area contributed by atoms with Crippen molar-refractivity contribution in [1.82, 2.24) is 4.98 Å². The molecule has 0 unspecified atom stereocenters. The summed E-state index contributed by atoms with van der Waals surface area (Å²) < 4.78 is 26.2. The summed E-state index contributed by atoms with van der Waals surface area (Å²) in [6.45, 7) is 0.527. The molecule has 0 fully saturated rings. The molecule has 1 N–H and O–H groups in total. The average molecular weight is 315 g/mol. The first kappa shape index (κ1) is 14.7. The van der Waals surface area contributed by atoms with E-state index in [9.17, 15) is 8.78 Å². The molecule has 5 heteroatoms. The van der Waals surface area contributed by atoms with E-state index in [2.05, 4.69) is 16.4 Å². The van der Waals surface area contributed by atoms with Crippen LogP contribution in [0.2, 0.25) is 0 Å². The molecule has 1 aromatic carbocycles. The minimum absolute atomic E-state index is 0.507. The molecule has 1 radical (unpaired) electrons. The second-order valence-electron chi connectivity index (χ2n) is 4.79. The first-order valence-electron chi connectivity index (χ1n) is 6.81. The fraction of sp³-hybridized carbons (Fsp3) is 0.118. The first-order chi connectivity index (χ1) is 10.7. The van der Waals surface area contributed by atoms with Gasteiger partial charge in [-0.3, -0.25) is 0 Å². The van der Waals surface area contributed by atoms with E-state index in [-0.39, 0.29) is 0 Å². The third-order valence-electron chi connectivity index (χ3n) is 3.14. The van der Waals surface area contributed by atoms with Gasteiger partial charge in [0.2, 0.25) is 0 Å². The van der Waals surface area contributed by atoms with Gasteiger partial charge in [-0.1, -0.05) is 0 Å². The molecule has 0 amide bonds. The lowest BCUT2D eigenvalue weighted by molar-refractivity contribution is 0.580. The standard InChI is InChI=1S/C17H13F2N2S/c18-14-8-12(9-15(19)10-14)4-6-20-17-3-1-2-16(21-17)13-5-7-22-11-13/h1-2,5,7-11H,4,6H2,(H,20,21). The highest BCUT2D eigenvalue weighted by molar-refractivity contribution is 7.08. The number of thiophene rings is 1. The van der Waals surface area contributed by atoms with Crippen LogP contribution in [0, 0.1) is 17.7 Å². The third-order valence-corrected chi connectivity index (χ3v) is 3.82. The van der Waals surface area contributed by atoms with Crippen LogP contribution in [0.5, 0.6) is 0 Å². The summed E-state index contributed by atoms with van der Waals surface area (Å²) >= 11 is 1.62. The maximum absolute atomic E-state index is 13.1. The molecule has 0 aliphatic rings. The molecular formula is C17H13F2N2S. The molecule has 0 atom stereocenters. The van der Waals surface area contributed by atoms with E-state index in [0.717, 1.165) is 17.3 Å². The highest BCUT2D eigenvalue weighted by Gasteiger charge is 2.03. The first-order valence-corrected chi connectivity index (χ1v) is 7.75. The lowest BCUT2D eigenvalue weighted by Gasteiger charge is -2.07. The molecule has 111 valence electrons. The number of benzene rings is 1. The maximum atomic E-state index is 13.1. The molecule has 2 nitrogen and oxygen atoms in total. The molecule has 2 heterocycles. The maximum Gasteiger partial charge on any atom is 0.134 e. The number of nitrogens with one attached hydrogen (secondary N) is 1. The number of halogens is 2. The highest BCUT2D eigenvalue weighted by atomic mass is 32.1. The van der Waals surface area contributed by atoms with Gasteiger partial charge in [0.05, 0.1) is 5.69 Å². The molecular weight excluding hydrogens is 302 g/mol. The zero-order chi connectivity index (χ0) is 15.4. The smallest absolute Gasteiger partial charge is 0.134 e. The Kier molecular flexibility index (Phi) is 4.44. The lowest BCUT2D eigenvalue weighted by Crippen LogP contribution is -2.07. The Hall–Kier alpha value is -2.27. The van der Waals surface area contributed by atoms with Crippen LogP contribution in [0.1, 0.15) is 5.56 Å². The van der Waals surface area contributed by atoms with Crippen LogP contribution in [0.4, 0.5) is 14.6 Å². The van der Waals surface area contributed by atoms with Crippen molar-refractivity contribution in [3.8, 4) is 11.3 Å². The number of nitrogens with zero attached hydrogens (tertiary/aromatic N) is 1. The van der Waals surface area contributed by atoms with Gasteiger partial charge in [0, 0.05) is 29.6 Å². The van der Waals surface area contributed by atoms with Crippen LogP contribution in [0.3, 0.4) is 0 Å². The normalized spacial score (nSPS) is 10.6. The number of hydrogen-bond donors (Lipinski definition) is 1. The average Bonchev–Trinajstić information content (AvgIpc) is 3.01. The molecule has 3 aromatic rings. The Labute approximate surface area is 131 Å². The highest BCUT2D eigenvalue weighted by Crippen LogP contribution is 2.21. The predicted octanol–water partition coefficient (Wildman–Crippen LogP) is 4.54. The molecule has 0 aliphatic heterocycles. The summed E-state index contributed by atoms with van der Waals surface area (Å²) in [5.74, 6) is -0.487. The van der Waals surface area contributed by atoms with Gasteiger partial charge in [0.15, 0.2) is 0 Å². The van der Waals surface area contributed by atoms with Gasteiger partial charge >= 0.3 is 0 Å². The van der Waals surface area contributed by atoms with Crippen molar-refractivity contribution in [3.63, 3.8) is 0 Å². The van der Waals surface area contributed by atoms with Crippen molar-refractivity contribution in [1.29, 1.82) is 0 Å². The van der Waals surface area contributed by atoms with Gasteiger partial charge < -0.3 is 5.32 Å². The summed E-state index contributed by atoms with van der Waals surface area (Å²) in [6, 6.07) is 12.3. The van der Waals surface area contributed by atoms with E-state index in [4.69, 9.17) is 0 Å². The van der Waals surface area contributed by atoms with E-state index in [1.165, 1.54) is 12.1 Å². The molecule has 0 bridgehead atoms. The van der Waals surface area contributed by atoms with E-state index in [1.807, 2.05) is 29.0 Å². The number of pyridine rings is 1. The molecule has 0 saturated heterocycles. The Morgan fingerprint density at radius 3 is 2.68 bits per heavy atom. The summed E-state index contributed by atoms with van der Waals surface area (Å²) in [5, 5.41) is 7.15.